The lowest BCUT2D eigenvalue weighted by Crippen LogP contribution is -2.11. The maximum atomic E-state index is 11.3. The highest BCUT2D eigenvalue weighted by Crippen LogP contribution is 2.38. The van der Waals surface area contributed by atoms with Gasteiger partial charge < -0.3 is 15.1 Å². The number of aliphatic hydroxyl groups excluding tert-OH is 1. The number of nitro groups is 1. The minimum atomic E-state index is -0.451. The first-order valence-electron chi connectivity index (χ1n) is 6.93. The molecule has 0 radical (unpaired) electrons. The predicted octanol–water partition coefficient (Wildman–Crippen LogP) is 3.01. The van der Waals surface area contributed by atoms with Gasteiger partial charge in [0.25, 0.3) is 5.69 Å². The van der Waals surface area contributed by atoms with Gasteiger partial charge in [0.15, 0.2) is 0 Å². The van der Waals surface area contributed by atoms with Crippen LogP contribution < -0.4 is 0 Å². The average Bonchev–Trinajstić information content (AvgIpc) is 2.49. The fraction of sp³-hybridized carbons (Fsp3) is 0.250. The lowest BCUT2D eigenvalue weighted by Gasteiger charge is -2.14. The number of aromatic hydroxyl groups is 1. The minimum absolute atomic E-state index is 0.0366. The van der Waals surface area contributed by atoms with Gasteiger partial charge in [-0.25, -0.2) is 0 Å². The second-order valence-corrected chi connectivity index (χ2v) is 6.43. The van der Waals surface area contributed by atoms with Crippen molar-refractivity contribution in [1.82, 2.24) is 4.90 Å². The van der Waals surface area contributed by atoms with Crippen molar-refractivity contribution in [2.24, 2.45) is 0 Å². The highest BCUT2D eigenvalue weighted by atomic mass is 32.2. The molecule has 7 heteroatoms. The van der Waals surface area contributed by atoms with Gasteiger partial charge in [0, 0.05) is 17.5 Å². The molecule has 0 aliphatic heterocycles. The third kappa shape index (κ3) is 4.44. The smallest absolute Gasteiger partial charge is 0.283 e. The molecule has 0 saturated carbocycles. The molecule has 0 bridgehead atoms. The van der Waals surface area contributed by atoms with Gasteiger partial charge in [0.05, 0.1) is 16.4 Å². The van der Waals surface area contributed by atoms with Gasteiger partial charge >= 0.3 is 0 Å². The van der Waals surface area contributed by atoms with Crippen LogP contribution in [0, 0.1) is 10.1 Å². The van der Waals surface area contributed by atoms with Gasteiger partial charge in [-0.2, -0.15) is 0 Å². The van der Waals surface area contributed by atoms with E-state index in [4.69, 9.17) is 5.11 Å². The Labute approximate surface area is 138 Å². The summed E-state index contributed by atoms with van der Waals surface area (Å²) in [5.41, 5.74) is 1.35. The minimum Gasteiger partial charge on any atom is -0.508 e. The van der Waals surface area contributed by atoms with Crippen LogP contribution in [-0.4, -0.2) is 34.1 Å². The van der Waals surface area contributed by atoms with Crippen LogP contribution in [0.15, 0.2) is 46.2 Å². The number of phenols is 1. The van der Waals surface area contributed by atoms with Crippen molar-refractivity contribution in [3.63, 3.8) is 0 Å². The summed E-state index contributed by atoms with van der Waals surface area (Å²) in [7, 11) is 3.83. The first kappa shape index (κ1) is 17.3. The predicted molar refractivity (Wildman–Crippen MR) is 88.6 cm³/mol. The Morgan fingerprint density at radius 1 is 1.17 bits per heavy atom. The van der Waals surface area contributed by atoms with Gasteiger partial charge in [0.2, 0.25) is 0 Å². The van der Waals surface area contributed by atoms with Gasteiger partial charge in [-0.05, 0) is 49.5 Å². The third-order valence-corrected chi connectivity index (χ3v) is 4.34. The number of nitrogens with zero attached hydrogens (tertiary/aromatic N) is 2. The lowest BCUT2D eigenvalue weighted by atomic mass is 10.2. The topological polar surface area (TPSA) is 86.8 Å². The maximum absolute atomic E-state index is 11.3. The van der Waals surface area contributed by atoms with E-state index in [-0.39, 0.29) is 18.0 Å². The van der Waals surface area contributed by atoms with E-state index in [1.54, 1.807) is 30.3 Å². The van der Waals surface area contributed by atoms with Crippen LogP contribution >= 0.6 is 11.8 Å². The second kappa shape index (κ2) is 7.45. The van der Waals surface area contributed by atoms with E-state index in [1.807, 2.05) is 19.0 Å². The van der Waals surface area contributed by atoms with Gasteiger partial charge in [-0.15, -0.1) is 0 Å². The Morgan fingerprint density at radius 3 is 2.48 bits per heavy atom. The second-order valence-electron chi connectivity index (χ2n) is 5.35. The zero-order valence-electron chi connectivity index (χ0n) is 12.9. The first-order valence-corrected chi connectivity index (χ1v) is 7.75. The number of aliphatic hydroxyl groups is 1. The monoisotopic (exact) mass is 334 g/mol. The third-order valence-electron chi connectivity index (χ3n) is 3.15. The van der Waals surface area contributed by atoms with Crippen molar-refractivity contribution in [2.45, 2.75) is 22.9 Å². The molecule has 6 nitrogen and oxygen atoms in total. The quantitative estimate of drug-likeness (QED) is 0.624. The molecule has 0 aliphatic carbocycles. The van der Waals surface area contributed by atoms with Gasteiger partial charge in [-0.1, -0.05) is 17.8 Å². The van der Waals surface area contributed by atoms with Gasteiger partial charge in [0.1, 0.15) is 5.75 Å². The van der Waals surface area contributed by atoms with E-state index in [2.05, 4.69) is 0 Å². The maximum Gasteiger partial charge on any atom is 0.283 e. The van der Waals surface area contributed by atoms with Crippen LogP contribution in [0.2, 0.25) is 0 Å². The Balaban J connectivity index is 2.41. The standard InChI is InChI=1S/C16H18N2O4S/c1-17(2)9-12-8-13(20)4-6-15(12)23-16-5-3-11(10-19)7-14(16)18(21)22/h3-8,19-20H,9-10H2,1-2H3. The zero-order chi connectivity index (χ0) is 17.0. The fourth-order valence-electron chi connectivity index (χ4n) is 2.14. The molecule has 2 aromatic carbocycles. The van der Waals surface area contributed by atoms with Crippen LogP contribution in [0.25, 0.3) is 0 Å². The summed E-state index contributed by atoms with van der Waals surface area (Å²) in [6.45, 7) is 0.371. The van der Waals surface area contributed by atoms with Crippen molar-refractivity contribution in [3.8, 4) is 5.75 Å². The van der Waals surface area contributed by atoms with Crippen molar-refractivity contribution in [3.05, 3.63) is 57.6 Å². The molecule has 0 amide bonds. The number of phenolic OH excluding ortho intramolecular Hbond substituents is 1. The normalized spacial score (nSPS) is 11.0. The summed E-state index contributed by atoms with van der Waals surface area (Å²) >= 11 is 1.28. The first-order chi connectivity index (χ1) is 10.9. The molecule has 23 heavy (non-hydrogen) atoms. The molecular formula is C16H18N2O4S. The molecular weight excluding hydrogens is 316 g/mol. The van der Waals surface area contributed by atoms with Crippen molar-refractivity contribution in [2.75, 3.05) is 14.1 Å². The molecule has 0 saturated heterocycles. The van der Waals surface area contributed by atoms with Crippen LogP contribution in [0.3, 0.4) is 0 Å². The highest BCUT2D eigenvalue weighted by molar-refractivity contribution is 7.99. The van der Waals surface area contributed by atoms with Crippen LogP contribution in [0.1, 0.15) is 11.1 Å². The SMILES string of the molecule is CN(C)Cc1cc(O)ccc1Sc1ccc(CO)cc1[N+](=O)[O-]. The summed E-state index contributed by atoms with van der Waals surface area (Å²) in [5, 5.41) is 30.1. The zero-order valence-corrected chi connectivity index (χ0v) is 13.7. The molecule has 0 spiro atoms. The largest absolute Gasteiger partial charge is 0.508 e. The fourth-order valence-corrected chi connectivity index (χ4v) is 3.14. The van der Waals surface area contributed by atoms with E-state index >= 15 is 0 Å². The van der Waals surface area contributed by atoms with Crippen LogP contribution in [-0.2, 0) is 13.2 Å². The summed E-state index contributed by atoms with van der Waals surface area (Å²) in [6, 6.07) is 9.67. The van der Waals surface area contributed by atoms with E-state index < -0.39 is 4.92 Å². The van der Waals surface area contributed by atoms with E-state index in [1.165, 1.54) is 17.8 Å². The molecule has 2 aromatic rings. The number of rotatable bonds is 6. The number of hydrogen-bond donors (Lipinski definition) is 2. The average molecular weight is 334 g/mol. The molecule has 122 valence electrons. The van der Waals surface area contributed by atoms with Crippen molar-refractivity contribution in [1.29, 1.82) is 0 Å². The molecule has 0 unspecified atom stereocenters. The Morgan fingerprint density at radius 2 is 1.87 bits per heavy atom. The molecule has 0 aliphatic rings. The molecule has 0 aromatic heterocycles. The summed E-state index contributed by atoms with van der Waals surface area (Å²) < 4.78 is 0. The highest BCUT2D eigenvalue weighted by Gasteiger charge is 2.17. The Kier molecular flexibility index (Phi) is 5.59. The van der Waals surface area contributed by atoms with Crippen LogP contribution in [0.4, 0.5) is 5.69 Å². The van der Waals surface area contributed by atoms with E-state index in [9.17, 15) is 15.2 Å². The van der Waals surface area contributed by atoms with Crippen molar-refractivity contribution < 1.29 is 15.1 Å². The Bertz CT molecular complexity index is 719. The Hall–Kier alpha value is -2.09. The van der Waals surface area contributed by atoms with E-state index in [0.717, 1.165) is 10.5 Å². The van der Waals surface area contributed by atoms with Gasteiger partial charge in [-0.3, -0.25) is 10.1 Å². The van der Waals surface area contributed by atoms with Crippen LogP contribution in [0.5, 0.6) is 5.75 Å². The molecule has 2 rings (SSSR count). The molecule has 0 atom stereocenters. The molecule has 2 N–H and O–H groups in total. The van der Waals surface area contributed by atoms with E-state index in [0.29, 0.717) is 17.0 Å². The number of nitro benzene ring substituents is 1. The summed E-state index contributed by atoms with van der Waals surface area (Å²) in [5.74, 6) is 0.163. The number of hydrogen-bond acceptors (Lipinski definition) is 6. The lowest BCUT2D eigenvalue weighted by molar-refractivity contribution is -0.387. The molecule has 0 fully saturated rings. The molecule has 0 heterocycles. The number of benzene rings is 2. The summed E-state index contributed by atoms with van der Waals surface area (Å²) in [4.78, 5) is 14.1. The summed E-state index contributed by atoms with van der Waals surface area (Å²) in [6.07, 6.45) is 0. The van der Waals surface area contributed by atoms with Crippen molar-refractivity contribution >= 4 is 17.4 Å².